The normalized spacial score (nSPS) is 13.0. The fraction of sp³-hybridized carbons (Fsp3) is 0.350. The van der Waals surface area contributed by atoms with E-state index in [4.69, 9.17) is 19.3 Å². The molecule has 26 heavy (non-hydrogen) atoms. The Kier molecular flexibility index (Phi) is 7.41. The zero-order valence-corrected chi connectivity index (χ0v) is 14.9. The van der Waals surface area contributed by atoms with E-state index < -0.39 is 18.2 Å². The first-order valence-corrected chi connectivity index (χ1v) is 8.37. The lowest BCUT2D eigenvalue weighted by atomic mass is 10.1. The summed E-state index contributed by atoms with van der Waals surface area (Å²) in [6, 6.07) is 13.7. The number of carbonyl (C=O) groups is 1. The molecule has 0 amide bonds. The van der Waals surface area contributed by atoms with Gasteiger partial charge in [-0.25, -0.2) is 9.18 Å². The fourth-order valence-electron chi connectivity index (χ4n) is 2.46. The second-order valence-corrected chi connectivity index (χ2v) is 5.69. The van der Waals surface area contributed by atoms with Crippen molar-refractivity contribution >= 4 is 5.97 Å². The van der Waals surface area contributed by atoms with E-state index in [0.717, 1.165) is 5.56 Å². The molecule has 0 bridgehead atoms. The Morgan fingerprint density at radius 1 is 1.15 bits per heavy atom. The SMILES string of the molecule is CCOC(Cc1ccc(OCC(F)c2cccc(OC)c2)cc1)C(=O)O. The van der Waals surface area contributed by atoms with E-state index in [9.17, 15) is 9.18 Å². The molecule has 6 heteroatoms. The van der Waals surface area contributed by atoms with Crippen molar-refractivity contribution < 1.29 is 28.5 Å². The molecule has 0 saturated heterocycles. The maximum absolute atomic E-state index is 14.3. The topological polar surface area (TPSA) is 65.0 Å². The summed E-state index contributed by atoms with van der Waals surface area (Å²) >= 11 is 0. The molecule has 0 aliphatic carbocycles. The van der Waals surface area contributed by atoms with Gasteiger partial charge in [-0.3, -0.25) is 0 Å². The van der Waals surface area contributed by atoms with E-state index in [-0.39, 0.29) is 13.0 Å². The minimum atomic E-state index is -1.28. The third-order valence-corrected chi connectivity index (χ3v) is 3.84. The number of hydrogen-bond acceptors (Lipinski definition) is 4. The molecular weight excluding hydrogens is 339 g/mol. The minimum Gasteiger partial charge on any atom is -0.497 e. The molecule has 0 heterocycles. The first kappa shape index (κ1) is 19.7. The Morgan fingerprint density at radius 3 is 2.50 bits per heavy atom. The van der Waals surface area contributed by atoms with Crippen molar-refractivity contribution in [3.8, 4) is 11.5 Å². The van der Waals surface area contributed by atoms with Crippen LogP contribution in [0.4, 0.5) is 4.39 Å². The number of rotatable bonds is 10. The highest BCUT2D eigenvalue weighted by molar-refractivity contribution is 5.72. The average molecular weight is 362 g/mol. The van der Waals surface area contributed by atoms with Crippen LogP contribution in [0.2, 0.25) is 0 Å². The van der Waals surface area contributed by atoms with Gasteiger partial charge in [0.1, 0.15) is 18.1 Å². The molecule has 2 aromatic rings. The smallest absolute Gasteiger partial charge is 0.333 e. The van der Waals surface area contributed by atoms with Gasteiger partial charge in [-0.1, -0.05) is 24.3 Å². The number of hydrogen-bond donors (Lipinski definition) is 1. The molecular formula is C20H23FO5. The van der Waals surface area contributed by atoms with Crippen molar-refractivity contribution in [3.05, 3.63) is 59.7 Å². The number of aliphatic carboxylic acids is 1. The van der Waals surface area contributed by atoms with Gasteiger partial charge in [-0.2, -0.15) is 0 Å². The average Bonchev–Trinajstić information content (AvgIpc) is 2.66. The van der Waals surface area contributed by atoms with Gasteiger partial charge in [0, 0.05) is 13.0 Å². The third-order valence-electron chi connectivity index (χ3n) is 3.84. The van der Waals surface area contributed by atoms with Crippen LogP contribution in [-0.2, 0) is 16.0 Å². The maximum Gasteiger partial charge on any atom is 0.333 e. The van der Waals surface area contributed by atoms with Crippen LogP contribution in [0.25, 0.3) is 0 Å². The number of carboxylic acid groups (broad SMARTS) is 1. The summed E-state index contributed by atoms with van der Waals surface area (Å²) in [5.41, 5.74) is 1.30. The van der Waals surface area contributed by atoms with E-state index in [2.05, 4.69) is 0 Å². The quantitative estimate of drug-likeness (QED) is 0.696. The van der Waals surface area contributed by atoms with Gasteiger partial charge >= 0.3 is 5.97 Å². The number of ether oxygens (including phenoxy) is 3. The van der Waals surface area contributed by atoms with Crippen molar-refractivity contribution in [1.29, 1.82) is 0 Å². The van der Waals surface area contributed by atoms with E-state index >= 15 is 0 Å². The van der Waals surface area contributed by atoms with Crippen molar-refractivity contribution in [3.63, 3.8) is 0 Å². The molecule has 1 N–H and O–H groups in total. The van der Waals surface area contributed by atoms with E-state index in [1.54, 1.807) is 55.5 Å². The Morgan fingerprint density at radius 2 is 1.88 bits per heavy atom. The molecule has 140 valence electrons. The molecule has 0 saturated carbocycles. The van der Waals surface area contributed by atoms with Gasteiger partial charge in [0.25, 0.3) is 0 Å². The number of halogens is 1. The first-order chi connectivity index (χ1) is 12.5. The van der Waals surface area contributed by atoms with Crippen LogP contribution >= 0.6 is 0 Å². The van der Waals surface area contributed by atoms with Crippen LogP contribution < -0.4 is 9.47 Å². The van der Waals surface area contributed by atoms with Gasteiger partial charge in [0.05, 0.1) is 7.11 Å². The van der Waals surface area contributed by atoms with Crippen molar-refractivity contribution in [2.45, 2.75) is 25.6 Å². The van der Waals surface area contributed by atoms with E-state index in [0.29, 0.717) is 23.7 Å². The van der Waals surface area contributed by atoms with Crippen LogP contribution in [0.3, 0.4) is 0 Å². The Bertz CT molecular complexity index is 702. The van der Waals surface area contributed by atoms with Crippen molar-refractivity contribution in [2.75, 3.05) is 20.3 Å². The number of alkyl halides is 1. The number of methoxy groups -OCH3 is 1. The molecule has 5 nitrogen and oxygen atoms in total. The van der Waals surface area contributed by atoms with Gasteiger partial charge < -0.3 is 19.3 Å². The van der Waals surface area contributed by atoms with Crippen LogP contribution in [0.15, 0.2) is 48.5 Å². The highest BCUT2D eigenvalue weighted by Gasteiger charge is 2.18. The summed E-state index contributed by atoms with van der Waals surface area (Å²) in [6.45, 7) is 1.96. The highest BCUT2D eigenvalue weighted by Crippen LogP contribution is 2.23. The minimum absolute atomic E-state index is 0.122. The summed E-state index contributed by atoms with van der Waals surface area (Å²) in [6.07, 6.45) is -1.90. The zero-order valence-electron chi connectivity index (χ0n) is 14.9. The molecule has 0 aliphatic heterocycles. The Labute approximate surface area is 152 Å². The fourth-order valence-corrected chi connectivity index (χ4v) is 2.46. The Hall–Kier alpha value is -2.60. The second kappa shape index (κ2) is 9.77. The summed E-state index contributed by atoms with van der Waals surface area (Å²) in [4.78, 5) is 11.1. The van der Waals surface area contributed by atoms with Gasteiger partial charge in [0.15, 0.2) is 12.3 Å². The van der Waals surface area contributed by atoms with Crippen LogP contribution in [0, 0.1) is 0 Å². The molecule has 0 fully saturated rings. The van der Waals surface area contributed by atoms with Crippen LogP contribution in [-0.4, -0.2) is 37.5 Å². The maximum atomic E-state index is 14.3. The zero-order chi connectivity index (χ0) is 18.9. The van der Waals surface area contributed by atoms with Crippen LogP contribution in [0.5, 0.6) is 11.5 Å². The van der Waals surface area contributed by atoms with Gasteiger partial charge in [-0.05, 0) is 42.3 Å². The molecule has 0 aliphatic rings. The molecule has 0 aromatic heterocycles. The predicted octanol–water partition coefficient (Wildman–Crippen LogP) is 3.82. The lowest BCUT2D eigenvalue weighted by Crippen LogP contribution is -2.26. The number of benzene rings is 2. The van der Waals surface area contributed by atoms with E-state index in [1.165, 1.54) is 7.11 Å². The molecule has 2 atom stereocenters. The predicted molar refractivity (Wildman–Crippen MR) is 95.5 cm³/mol. The first-order valence-electron chi connectivity index (χ1n) is 8.37. The molecule has 2 unspecified atom stereocenters. The number of carboxylic acids is 1. The Balaban J connectivity index is 1.91. The molecule has 0 spiro atoms. The largest absolute Gasteiger partial charge is 0.497 e. The van der Waals surface area contributed by atoms with Crippen molar-refractivity contribution in [2.24, 2.45) is 0 Å². The van der Waals surface area contributed by atoms with Crippen molar-refractivity contribution in [1.82, 2.24) is 0 Å². The third kappa shape index (κ3) is 5.74. The summed E-state index contributed by atoms with van der Waals surface area (Å²) in [5.74, 6) is 0.116. The summed E-state index contributed by atoms with van der Waals surface area (Å²) < 4.78 is 30.1. The molecule has 2 rings (SSSR count). The summed E-state index contributed by atoms with van der Waals surface area (Å²) in [5, 5.41) is 9.11. The molecule has 0 radical (unpaired) electrons. The van der Waals surface area contributed by atoms with Gasteiger partial charge in [-0.15, -0.1) is 0 Å². The van der Waals surface area contributed by atoms with Crippen LogP contribution in [0.1, 0.15) is 24.2 Å². The lowest BCUT2D eigenvalue weighted by Gasteiger charge is -2.14. The monoisotopic (exact) mass is 362 g/mol. The summed E-state index contributed by atoms with van der Waals surface area (Å²) in [7, 11) is 1.53. The van der Waals surface area contributed by atoms with E-state index in [1.807, 2.05) is 0 Å². The lowest BCUT2D eigenvalue weighted by molar-refractivity contribution is -0.149. The molecule has 2 aromatic carbocycles. The highest BCUT2D eigenvalue weighted by atomic mass is 19.1. The van der Waals surface area contributed by atoms with Gasteiger partial charge in [0.2, 0.25) is 0 Å². The second-order valence-electron chi connectivity index (χ2n) is 5.69. The standard InChI is InChI=1S/C20H23FO5/c1-3-25-19(20(22)23)11-14-7-9-16(10-8-14)26-13-18(21)15-5-4-6-17(12-15)24-2/h4-10,12,18-19H,3,11,13H2,1-2H3,(H,22,23).